The Balaban J connectivity index is 2.66. The Hall–Kier alpha value is -1.61. The van der Waals surface area contributed by atoms with Crippen molar-refractivity contribution >= 4 is 17.7 Å². The van der Waals surface area contributed by atoms with E-state index >= 15 is 0 Å². The summed E-state index contributed by atoms with van der Waals surface area (Å²) < 4.78 is 0. The van der Waals surface area contributed by atoms with Crippen LogP contribution in [0.15, 0.2) is 17.3 Å². The number of hydrogen-bond donors (Lipinski definition) is 1. The fraction of sp³-hybridized carbons (Fsp3) is 0.333. The number of thioether (sulfide) groups is 1. The molecule has 0 spiro atoms. The largest absolute Gasteiger partial charge is 0.481 e. The summed E-state index contributed by atoms with van der Waals surface area (Å²) in [6.07, 6.45) is 1.43. The molecular weight excluding hydrogens is 214 g/mol. The van der Waals surface area contributed by atoms with Gasteiger partial charge in [-0.2, -0.15) is 10.4 Å². The summed E-state index contributed by atoms with van der Waals surface area (Å²) in [5, 5.41) is 25.3. The second-order valence-corrected chi connectivity index (χ2v) is 3.92. The fourth-order valence-electron chi connectivity index (χ4n) is 0.786. The van der Waals surface area contributed by atoms with Crippen LogP contribution in [-0.2, 0) is 4.79 Å². The molecule has 0 aliphatic carbocycles. The van der Waals surface area contributed by atoms with Gasteiger partial charge < -0.3 is 5.11 Å². The van der Waals surface area contributed by atoms with Crippen LogP contribution in [0.5, 0.6) is 0 Å². The maximum Gasteiger partial charge on any atom is 0.307 e. The minimum Gasteiger partial charge on any atom is -0.481 e. The molecular formula is C9H9N3O2S. The molecule has 1 aromatic rings. The highest BCUT2D eigenvalue weighted by atomic mass is 32.2. The molecule has 1 unspecified atom stereocenters. The number of carboxylic acids is 1. The van der Waals surface area contributed by atoms with Crippen molar-refractivity contribution in [3.63, 3.8) is 0 Å². The number of carbonyl (C=O) groups is 1. The van der Waals surface area contributed by atoms with E-state index in [1.807, 2.05) is 6.07 Å². The molecule has 0 aliphatic rings. The highest BCUT2D eigenvalue weighted by Crippen LogP contribution is 2.20. The van der Waals surface area contributed by atoms with Gasteiger partial charge in [0.25, 0.3) is 0 Å². The summed E-state index contributed by atoms with van der Waals surface area (Å²) in [7, 11) is 0. The van der Waals surface area contributed by atoms with Gasteiger partial charge in [-0.25, -0.2) is 0 Å². The first-order valence-corrected chi connectivity index (χ1v) is 5.21. The van der Waals surface area contributed by atoms with Crippen LogP contribution in [0.25, 0.3) is 0 Å². The smallest absolute Gasteiger partial charge is 0.307 e. The highest BCUT2D eigenvalue weighted by Gasteiger charge is 2.13. The zero-order chi connectivity index (χ0) is 11.3. The molecule has 0 radical (unpaired) electrons. The van der Waals surface area contributed by atoms with Crippen molar-refractivity contribution in [3.8, 4) is 6.07 Å². The van der Waals surface area contributed by atoms with Gasteiger partial charge >= 0.3 is 5.97 Å². The van der Waals surface area contributed by atoms with Crippen LogP contribution in [0.1, 0.15) is 12.5 Å². The Kier molecular flexibility index (Phi) is 4.06. The zero-order valence-corrected chi connectivity index (χ0v) is 8.86. The number of nitrogens with zero attached hydrogens (tertiary/aromatic N) is 3. The van der Waals surface area contributed by atoms with E-state index in [2.05, 4.69) is 10.2 Å². The Morgan fingerprint density at radius 3 is 3.13 bits per heavy atom. The van der Waals surface area contributed by atoms with Crippen LogP contribution in [0, 0.1) is 17.2 Å². The van der Waals surface area contributed by atoms with Gasteiger partial charge in [-0.05, 0) is 6.07 Å². The van der Waals surface area contributed by atoms with E-state index in [4.69, 9.17) is 10.4 Å². The molecule has 0 amide bonds. The first-order valence-electron chi connectivity index (χ1n) is 4.22. The van der Waals surface area contributed by atoms with Crippen LogP contribution < -0.4 is 0 Å². The second kappa shape index (κ2) is 5.32. The van der Waals surface area contributed by atoms with Crippen molar-refractivity contribution in [3.05, 3.63) is 17.8 Å². The van der Waals surface area contributed by atoms with E-state index in [0.29, 0.717) is 16.3 Å². The summed E-state index contributed by atoms with van der Waals surface area (Å²) in [6.45, 7) is 1.61. The summed E-state index contributed by atoms with van der Waals surface area (Å²) in [4.78, 5) is 10.6. The number of nitriles is 1. The van der Waals surface area contributed by atoms with Crippen LogP contribution in [0.2, 0.25) is 0 Å². The normalized spacial score (nSPS) is 11.7. The quantitative estimate of drug-likeness (QED) is 0.771. The Bertz CT molecular complexity index is 403. The lowest BCUT2D eigenvalue weighted by molar-refractivity contribution is -0.140. The lowest BCUT2D eigenvalue weighted by Gasteiger charge is -2.04. The maximum atomic E-state index is 10.6. The van der Waals surface area contributed by atoms with E-state index in [1.165, 1.54) is 18.0 Å². The number of aliphatic carboxylic acids is 1. The number of carboxylic acid groups (broad SMARTS) is 1. The molecule has 6 heteroatoms. The number of aromatic nitrogens is 2. The second-order valence-electron chi connectivity index (χ2n) is 2.91. The summed E-state index contributed by atoms with van der Waals surface area (Å²) in [5.74, 6) is -0.948. The third-order valence-corrected chi connectivity index (χ3v) is 2.94. The molecule has 1 rings (SSSR count). The molecule has 0 saturated carbocycles. The molecule has 0 bridgehead atoms. The predicted molar refractivity (Wildman–Crippen MR) is 54.3 cm³/mol. The molecule has 0 fully saturated rings. The molecule has 1 aromatic heterocycles. The number of hydrogen-bond acceptors (Lipinski definition) is 5. The average molecular weight is 223 g/mol. The predicted octanol–water partition coefficient (Wildman–Crippen LogP) is 1.16. The first kappa shape index (κ1) is 11.5. The van der Waals surface area contributed by atoms with Crippen molar-refractivity contribution in [1.82, 2.24) is 10.2 Å². The third-order valence-electron chi connectivity index (χ3n) is 1.70. The summed E-state index contributed by atoms with van der Waals surface area (Å²) in [5.41, 5.74) is 0.424. The van der Waals surface area contributed by atoms with Crippen molar-refractivity contribution in [2.75, 3.05) is 5.75 Å². The molecule has 78 valence electrons. The number of rotatable bonds is 4. The maximum absolute atomic E-state index is 10.6. The SMILES string of the molecule is CC(CSc1nnccc1C#N)C(=O)O. The van der Waals surface area contributed by atoms with Crippen LogP contribution >= 0.6 is 11.8 Å². The van der Waals surface area contributed by atoms with E-state index in [0.717, 1.165) is 0 Å². The van der Waals surface area contributed by atoms with E-state index in [-0.39, 0.29) is 0 Å². The van der Waals surface area contributed by atoms with Crippen LogP contribution in [0.4, 0.5) is 0 Å². The molecule has 0 saturated heterocycles. The van der Waals surface area contributed by atoms with Crippen molar-refractivity contribution in [1.29, 1.82) is 5.26 Å². The molecule has 0 aromatic carbocycles. The Labute approximate surface area is 91.1 Å². The zero-order valence-electron chi connectivity index (χ0n) is 8.04. The third kappa shape index (κ3) is 3.22. The van der Waals surface area contributed by atoms with Crippen molar-refractivity contribution < 1.29 is 9.90 Å². The van der Waals surface area contributed by atoms with Gasteiger partial charge in [-0.3, -0.25) is 4.79 Å². The van der Waals surface area contributed by atoms with E-state index < -0.39 is 11.9 Å². The molecule has 0 aliphatic heterocycles. The minimum atomic E-state index is -0.857. The van der Waals surface area contributed by atoms with Crippen molar-refractivity contribution in [2.45, 2.75) is 11.9 Å². The molecule has 1 atom stereocenters. The van der Waals surface area contributed by atoms with Crippen LogP contribution in [-0.4, -0.2) is 27.0 Å². The topological polar surface area (TPSA) is 86.9 Å². The summed E-state index contributed by atoms with van der Waals surface area (Å²) >= 11 is 1.23. The van der Waals surface area contributed by atoms with Gasteiger partial charge in [0.15, 0.2) is 0 Å². The van der Waals surface area contributed by atoms with Gasteiger partial charge in [-0.1, -0.05) is 6.92 Å². The molecule has 5 nitrogen and oxygen atoms in total. The van der Waals surface area contributed by atoms with Gasteiger partial charge in [-0.15, -0.1) is 16.9 Å². The highest BCUT2D eigenvalue weighted by molar-refractivity contribution is 7.99. The molecule has 1 heterocycles. The lowest BCUT2D eigenvalue weighted by Crippen LogP contribution is -2.12. The van der Waals surface area contributed by atoms with Gasteiger partial charge in [0, 0.05) is 5.75 Å². The van der Waals surface area contributed by atoms with Crippen LogP contribution in [0.3, 0.4) is 0 Å². The van der Waals surface area contributed by atoms with Gasteiger partial charge in [0.1, 0.15) is 11.1 Å². The van der Waals surface area contributed by atoms with E-state index in [1.54, 1.807) is 13.0 Å². The van der Waals surface area contributed by atoms with Crippen molar-refractivity contribution in [2.24, 2.45) is 5.92 Å². The molecule has 1 N–H and O–H groups in total. The minimum absolute atomic E-state index is 0.378. The monoisotopic (exact) mass is 223 g/mol. The Morgan fingerprint density at radius 2 is 2.53 bits per heavy atom. The lowest BCUT2D eigenvalue weighted by atomic mass is 10.2. The van der Waals surface area contributed by atoms with Gasteiger partial charge in [0.05, 0.1) is 17.7 Å². The average Bonchev–Trinajstić information content (AvgIpc) is 2.26. The molecule has 15 heavy (non-hydrogen) atoms. The summed E-state index contributed by atoms with van der Waals surface area (Å²) in [6, 6.07) is 3.53. The van der Waals surface area contributed by atoms with Gasteiger partial charge in [0.2, 0.25) is 0 Å². The van der Waals surface area contributed by atoms with E-state index in [9.17, 15) is 4.79 Å². The Morgan fingerprint density at radius 1 is 1.80 bits per heavy atom. The standard InChI is InChI=1S/C9H9N3O2S/c1-6(9(13)14)5-15-8-7(4-10)2-3-11-12-8/h2-3,6H,5H2,1H3,(H,13,14). The fourth-order valence-corrected chi connectivity index (χ4v) is 1.71. The first-order chi connectivity index (χ1) is 7.15.